The van der Waals surface area contributed by atoms with Crippen LogP contribution < -0.4 is 0 Å². The van der Waals surface area contributed by atoms with Crippen LogP contribution in [0.3, 0.4) is 0 Å². The Labute approximate surface area is 177 Å². The van der Waals surface area contributed by atoms with Crippen molar-refractivity contribution in [2.45, 2.75) is 111 Å². The number of unbranched alkanes of at least 4 members (excludes halogenated alkanes) is 5. The molecule has 0 radical (unpaired) electrons. The molecule has 0 aliphatic heterocycles. The Hall–Kier alpha value is -1.55. The third-order valence-corrected chi connectivity index (χ3v) is 5.40. The van der Waals surface area contributed by atoms with Crippen molar-refractivity contribution >= 4 is 5.97 Å². The third-order valence-electron chi connectivity index (χ3n) is 5.40. The molecule has 0 heterocycles. The molecule has 0 aliphatic carbocycles. The summed E-state index contributed by atoms with van der Waals surface area (Å²) in [5, 5.41) is 21.1. The fourth-order valence-corrected chi connectivity index (χ4v) is 3.84. The number of phenols is 1. The Morgan fingerprint density at radius 1 is 1.00 bits per heavy atom. The van der Waals surface area contributed by atoms with Gasteiger partial charge in [0.25, 0.3) is 0 Å². The van der Waals surface area contributed by atoms with E-state index >= 15 is 0 Å². The van der Waals surface area contributed by atoms with Gasteiger partial charge < -0.3 is 14.9 Å². The van der Waals surface area contributed by atoms with E-state index in [1.807, 2.05) is 48.5 Å². The van der Waals surface area contributed by atoms with Crippen LogP contribution in [0.5, 0.6) is 5.75 Å². The van der Waals surface area contributed by atoms with E-state index in [-0.39, 0.29) is 16.7 Å². The van der Waals surface area contributed by atoms with Crippen LogP contribution in [0, 0.1) is 0 Å². The minimum Gasteiger partial charge on any atom is -0.507 e. The minimum absolute atomic E-state index is 0.194. The topological polar surface area (TPSA) is 66.8 Å². The molecule has 0 aliphatic rings. The fraction of sp³-hybridized carbons (Fsp3) is 0.720. The summed E-state index contributed by atoms with van der Waals surface area (Å²) < 4.78 is 6.07. The number of phenolic OH excluding ortho intramolecular Hbond substituents is 1. The molecule has 0 fully saturated rings. The van der Waals surface area contributed by atoms with E-state index in [4.69, 9.17) is 4.74 Å². The molecule has 1 rings (SSSR count). The maximum absolute atomic E-state index is 12.1. The van der Waals surface area contributed by atoms with Crippen molar-refractivity contribution in [1.29, 1.82) is 0 Å². The van der Waals surface area contributed by atoms with Gasteiger partial charge in [-0.25, -0.2) is 4.79 Å². The lowest BCUT2D eigenvalue weighted by atomic mass is 9.74. The number of carbonyl (C=O) groups is 1. The largest absolute Gasteiger partial charge is 0.507 e. The monoisotopic (exact) mass is 406 g/mol. The first-order chi connectivity index (χ1) is 13.3. The summed E-state index contributed by atoms with van der Waals surface area (Å²) in [5.74, 6) is -0.786. The van der Waals surface area contributed by atoms with Crippen LogP contribution in [0.4, 0.5) is 0 Å². The normalized spacial score (nSPS) is 13.5. The average Bonchev–Trinajstić information content (AvgIpc) is 2.57. The molecular formula is C25H42O4. The predicted molar refractivity (Wildman–Crippen MR) is 120 cm³/mol. The van der Waals surface area contributed by atoms with Crippen molar-refractivity contribution in [3.05, 3.63) is 28.3 Å². The molecule has 29 heavy (non-hydrogen) atoms. The second-order valence-corrected chi connectivity index (χ2v) is 10.2. The standard InChI is InChI=1S/C25H42O4/c1-9-10-11-12-13-14-15-29-17(2)20-18(23(27)28)16-19(24(3,4)5)22(26)21(20)25(6,7)8/h16-17,26H,9-15H2,1-8H3,(H,27,28). The van der Waals surface area contributed by atoms with Crippen LogP contribution in [0.15, 0.2) is 6.07 Å². The number of aromatic carboxylic acids is 1. The molecule has 4 nitrogen and oxygen atoms in total. The highest BCUT2D eigenvalue weighted by atomic mass is 16.5. The highest BCUT2D eigenvalue weighted by molar-refractivity contribution is 5.91. The number of rotatable bonds is 10. The number of ether oxygens (including phenoxy) is 1. The molecule has 2 N–H and O–H groups in total. The van der Waals surface area contributed by atoms with Crippen molar-refractivity contribution in [3.63, 3.8) is 0 Å². The summed E-state index contributed by atoms with van der Waals surface area (Å²) in [4.78, 5) is 12.1. The van der Waals surface area contributed by atoms with Gasteiger partial charge in [0.15, 0.2) is 0 Å². The summed E-state index contributed by atoms with van der Waals surface area (Å²) in [5.41, 5.74) is 1.39. The van der Waals surface area contributed by atoms with E-state index in [2.05, 4.69) is 6.92 Å². The van der Waals surface area contributed by atoms with Gasteiger partial charge in [-0.1, -0.05) is 80.6 Å². The third kappa shape index (κ3) is 7.02. The van der Waals surface area contributed by atoms with Crippen LogP contribution in [0.1, 0.15) is 127 Å². The number of hydrogen-bond acceptors (Lipinski definition) is 3. The fourth-order valence-electron chi connectivity index (χ4n) is 3.84. The van der Waals surface area contributed by atoms with E-state index in [0.717, 1.165) is 12.8 Å². The van der Waals surface area contributed by atoms with Gasteiger partial charge in [0.05, 0.1) is 11.7 Å². The van der Waals surface area contributed by atoms with Crippen molar-refractivity contribution < 1.29 is 19.7 Å². The lowest BCUT2D eigenvalue weighted by molar-refractivity contribution is 0.0565. The Morgan fingerprint density at radius 2 is 1.55 bits per heavy atom. The van der Waals surface area contributed by atoms with E-state index in [9.17, 15) is 15.0 Å². The second-order valence-electron chi connectivity index (χ2n) is 10.2. The first-order valence-corrected chi connectivity index (χ1v) is 11.1. The maximum Gasteiger partial charge on any atom is 0.336 e. The zero-order valence-corrected chi connectivity index (χ0v) is 19.8. The summed E-state index contributed by atoms with van der Waals surface area (Å²) in [6.45, 7) is 16.7. The van der Waals surface area contributed by atoms with Crippen LogP contribution in [-0.4, -0.2) is 22.8 Å². The number of carboxylic acids is 1. The number of benzene rings is 1. The number of hydrogen-bond donors (Lipinski definition) is 2. The molecule has 0 amide bonds. The van der Waals surface area contributed by atoms with E-state index in [0.29, 0.717) is 23.3 Å². The summed E-state index contributed by atoms with van der Waals surface area (Å²) in [6.07, 6.45) is 6.66. The Balaban J connectivity index is 3.23. The van der Waals surface area contributed by atoms with Gasteiger partial charge >= 0.3 is 5.97 Å². The van der Waals surface area contributed by atoms with Gasteiger partial charge in [0.2, 0.25) is 0 Å². The molecule has 0 aromatic heterocycles. The van der Waals surface area contributed by atoms with Crippen molar-refractivity contribution in [3.8, 4) is 5.75 Å². The molecule has 0 spiro atoms. The zero-order valence-electron chi connectivity index (χ0n) is 19.8. The average molecular weight is 407 g/mol. The molecule has 1 unspecified atom stereocenters. The van der Waals surface area contributed by atoms with E-state index < -0.39 is 17.5 Å². The summed E-state index contributed by atoms with van der Waals surface area (Å²) in [7, 11) is 0. The smallest absolute Gasteiger partial charge is 0.336 e. The first kappa shape index (κ1) is 25.5. The van der Waals surface area contributed by atoms with Gasteiger partial charge in [-0.2, -0.15) is 0 Å². The summed E-state index contributed by atoms with van der Waals surface area (Å²) >= 11 is 0. The number of carboxylic acid groups (broad SMARTS) is 1. The van der Waals surface area contributed by atoms with Crippen LogP contribution in [0.2, 0.25) is 0 Å². The Bertz CT molecular complexity index is 678. The molecule has 0 saturated carbocycles. The maximum atomic E-state index is 12.1. The van der Waals surface area contributed by atoms with Gasteiger partial charge in [-0.3, -0.25) is 0 Å². The molecule has 1 aromatic carbocycles. The van der Waals surface area contributed by atoms with Gasteiger partial charge in [0.1, 0.15) is 5.75 Å². The second kappa shape index (κ2) is 10.5. The first-order valence-electron chi connectivity index (χ1n) is 11.1. The van der Waals surface area contributed by atoms with Gasteiger partial charge in [0, 0.05) is 23.3 Å². The van der Waals surface area contributed by atoms with Gasteiger partial charge in [-0.15, -0.1) is 0 Å². The van der Waals surface area contributed by atoms with Gasteiger partial charge in [-0.05, 0) is 30.2 Å². The quantitative estimate of drug-likeness (QED) is 0.406. The number of aromatic hydroxyl groups is 1. The SMILES string of the molecule is CCCCCCCCOC(C)c1c(C(=O)O)cc(C(C)(C)C)c(O)c1C(C)(C)C. The molecule has 4 heteroatoms. The molecule has 0 bridgehead atoms. The molecular weight excluding hydrogens is 364 g/mol. The van der Waals surface area contributed by atoms with Crippen molar-refractivity contribution in [2.24, 2.45) is 0 Å². The Morgan fingerprint density at radius 3 is 2.03 bits per heavy atom. The Kier molecular flexibility index (Phi) is 9.20. The van der Waals surface area contributed by atoms with Crippen LogP contribution in [-0.2, 0) is 15.6 Å². The molecule has 166 valence electrons. The highest BCUT2D eigenvalue weighted by Crippen LogP contribution is 2.45. The zero-order chi connectivity index (χ0) is 22.4. The molecule has 1 aromatic rings. The van der Waals surface area contributed by atoms with Crippen LogP contribution >= 0.6 is 0 Å². The van der Waals surface area contributed by atoms with E-state index in [1.54, 1.807) is 6.07 Å². The lowest BCUT2D eigenvalue weighted by Gasteiger charge is -2.32. The van der Waals surface area contributed by atoms with Crippen LogP contribution in [0.25, 0.3) is 0 Å². The highest BCUT2D eigenvalue weighted by Gasteiger charge is 2.34. The van der Waals surface area contributed by atoms with Crippen molar-refractivity contribution in [1.82, 2.24) is 0 Å². The van der Waals surface area contributed by atoms with Crippen molar-refractivity contribution in [2.75, 3.05) is 6.61 Å². The molecule has 1 atom stereocenters. The predicted octanol–water partition coefficient (Wildman–Crippen LogP) is 7.12. The minimum atomic E-state index is -0.981. The lowest BCUT2D eigenvalue weighted by Crippen LogP contribution is -2.24. The summed E-state index contributed by atoms with van der Waals surface area (Å²) in [6, 6.07) is 1.63. The molecule has 0 saturated heterocycles. The van der Waals surface area contributed by atoms with E-state index in [1.165, 1.54) is 25.7 Å².